The molecule has 0 radical (unpaired) electrons. The molecule has 0 saturated carbocycles. The molecule has 0 saturated heterocycles. The number of fused-ring (bicyclic) bond motifs is 1. The Morgan fingerprint density at radius 2 is 2.00 bits per heavy atom. The molecule has 0 aliphatic carbocycles. The van der Waals surface area contributed by atoms with Gasteiger partial charge in [0, 0.05) is 23.2 Å². The van der Waals surface area contributed by atoms with Crippen LogP contribution in [0.1, 0.15) is 31.6 Å². The summed E-state index contributed by atoms with van der Waals surface area (Å²) in [5, 5.41) is 19.4. The molecular weight excluding hydrogens is 232 g/mol. The summed E-state index contributed by atoms with van der Waals surface area (Å²) in [5.41, 5.74) is 7.02. The van der Waals surface area contributed by atoms with Gasteiger partial charge >= 0.3 is 5.97 Å². The fourth-order valence-electron chi connectivity index (χ4n) is 2.17. The average Bonchev–Trinajstić information content (AvgIpc) is 2.65. The average molecular weight is 248 g/mol. The van der Waals surface area contributed by atoms with Crippen molar-refractivity contribution in [1.29, 1.82) is 0 Å². The summed E-state index contributed by atoms with van der Waals surface area (Å²) in [4.78, 5) is 11.0. The summed E-state index contributed by atoms with van der Waals surface area (Å²) in [7, 11) is 0. The Hall–Kier alpha value is -2.01. The maximum atomic E-state index is 11.0. The number of benzene rings is 1. The first-order valence-electron chi connectivity index (χ1n) is 5.74. The quantitative estimate of drug-likeness (QED) is 0.775. The van der Waals surface area contributed by atoms with Gasteiger partial charge in [-0.05, 0) is 32.0 Å². The van der Waals surface area contributed by atoms with Crippen molar-refractivity contribution in [2.45, 2.75) is 25.9 Å². The van der Waals surface area contributed by atoms with Crippen LogP contribution in [0.25, 0.3) is 10.9 Å². The Labute approximate surface area is 104 Å². The molecule has 4 N–H and O–H groups in total. The second-order valence-corrected chi connectivity index (χ2v) is 4.59. The van der Waals surface area contributed by atoms with E-state index in [1.54, 1.807) is 24.3 Å². The first-order chi connectivity index (χ1) is 8.41. The van der Waals surface area contributed by atoms with Gasteiger partial charge in [-0.3, -0.25) is 4.79 Å². The number of hydrogen-bond donors (Lipinski definition) is 3. The van der Waals surface area contributed by atoms with Crippen molar-refractivity contribution in [3.05, 3.63) is 30.0 Å². The highest BCUT2D eigenvalue weighted by Gasteiger charge is 2.22. The van der Waals surface area contributed by atoms with Gasteiger partial charge in [0.2, 0.25) is 0 Å². The summed E-state index contributed by atoms with van der Waals surface area (Å²) in [6.07, 6.45) is 0. The van der Waals surface area contributed by atoms with Crippen LogP contribution in [-0.2, 0) is 4.79 Å². The lowest BCUT2D eigenvalue weighted by molar-refractivity contribution is -0.138. The van der Waals surface area contributed by atoms with E-state index in [4.69, 9.17) is 10.8 Å². The number of carboxylic acids is 1. The summed E-state index contributed by atoms with van der Waals surface area (Å²) in [5.74, 6) is -0.915. The second-order valence-electron chi connectivity index (χ2n) is 4.59. The molecule has 1 unspecified atom stereocenters. The van der Waals surface area contributed by atoms with Crippen LogP contribution in [0, 0.1) is 0 Å². The fourth-order valence-corrected chi connectivity index (χ4v) is 2.17. The van der Waals surface area contributed by atoms with Gasteiger partial charge in [-0.1, -0.05) is 0 Å². The highest BCUT2D eigenvalue weighted by atomic mass is 16.4. The third-order valence-corrected chi connectivity index (χ3v) is 2.96. The van der Waals surface area contributed by atoms with E-state index in [0.717, 1.165) is 10.9 Å². The molecule has 1 heterocycles. The first kappa shape index (κ1) is 12.4. The number of carboxylic acid groups (broad SMARTS) is 1. The van der Waals surface area contributed by atoms with Gasteiger partial charge in [0.25, 0.3) is 0 Å². The Kier molecular flexibility index (Phi) is 3.00. The number of aromatic hydroxyl groups is 1. The topological polar surface area (TPSA) is 88.5 Å². The first-order valence-corrected chi connectivity index (χ1v) is 5.74. The zero-order valence-electron chi connectivity index (χ0n) is 10.3. The molecule has 0 aliphatic heterocycles. The molecule has 5 heteroatoms. The van der Waals surface area contributed by atoms with E-state index in [9.17, 15) is 9.90 Å². The molecular formula is C13H16N2O3. The van der Waals surface area contributed by atoms with Crippen LogP contribution in [-0.4, -0.2) is 20.7 Å². The molecule has 1 atom stereocenters. The van der Waals surface area contributed by atoms with Crippen LogP contribution in [0.5, 0.6) is 5.75 Å². The molecule has 5 nitrogen and oxygen atoms in total. The Morgan fingerprint density at radius 1 is 1.33 bits per heavy atom. The molecule has 0 fully saturated rings. The normalized spacial score (nSPS) is 13.1. The van der Waals surface area contributed by atoms with Crippen LogP contribution in [0.3, 0.4) is 0 Å². The van der Waals surface area contributed by atoms with E-state index in [-0.39, 0.29) is 11.8 Å². The van der Waals surface area contributed by atoms with E-state index >= 15 is 0 Å². The number of phenolic OH excluding ortho intramolecular Hbond substituents is 1. The van der Waals surface area contributed by atoms with Crippen molar-refractivity contribution in [3.63, 3.8) is 0 Å². The Morgan fingerprint density at radius 3 is 2.56 bits per heavy atom. The van der Waals surface area contributed by atoms with Crippen LogP contribution >= 0.6 is 0 Å². The number of carbonyl (C=O) groups is 1. The van der Waals surface area contributed by atoms with E-state index in [1.807, 2.05) is 18.4 Å². The predicted molar refractivity (Wildman–Crippen MR) is 68.6 cm³/mol. The molecule has 1 aromatic carbocycles. The number of nitrogens with two attached hydrogens (primary N) is 1. The van der Waals surface area contributed by atoms with Crippen molar-refractivity contribution in [1.82, 2.24) is 4.57 Å². The molecule has 0 amide bonds. The number of nitrogens with zero attached hydrogens (tertiary/aromatic N) is 1. The number of rotatable bonds is 3. The lowest BCUT2D eigenvalue weighted by Gasteiger charge is -2.17. The number of hydrogen-bond acceptors (Lipinski definition) is 3. The van der Waals surface area contributed by atoms with Crippen LogP contribution < -0.4 is 5.73 Å². The SMILES string of the molecule is CC(C)n1c(C(N)C(=O)O)cc2ccc(O)cc21. The van der Waals surface area contributed by atoms with Crippen molar-refractivity contribution < 1.29 is 15.0 Å². The lowest BCUT2D eigenvalue weighted by atomic mass is 10.2. The van der Waals surface area contributed by atoms with Gasteiger partial charge in [0.1, 0.15) is 11.8 Å². The maximum absolute atomic E-state index is 11.0. The zero-order valence-corrected chi connectivity index (χ0v) is 10.3. The van der Waals surface area contributed by atoms with Gasteiger partial charge in [-0.2, -0.15) is 0 Å². The highest BCUT2D eigenvalue weighted by molar-refractivity contribution is 5.85. The summed E-state index contributed by atoms with van der Waals surface area (Å²) in [6.45, 7) is 3.89. The summed E-state index contributed by atoms with van der Waals surface area (Å²) in [6, 6.07) is 5.69. The molecule has 0 spiro atoms. The van der Waals surface area contributed by atoms with E-state index < -0.39 is 12.0 Å². The van der Waals surface area contributed by atoms with Gasteiger partial charge in [0.05, 0.1) is 5.52 Å². The van der Waals surface area contributed by atoms with Crippen molar-refractivity contribution >= 4 is 16.9 Å². The van der Waals surface area contributed by atoms with Crippen molar-refractivity contribution in [2.75, 3.05) is 0 Å². The smallest absolute Gasteiger partial charge is 0.326 e. The van der Waals surface area contributed by atoms with Crippen molar-refractivity contribution in [2.24, 2.45) is 5.73 Å². The van der Waals surface area contributed by atoms with E-state index in [1.165, 1.54) is 0 Å². The Bertz CT molecular complexity index is 602. The highest BCUT2D eigenvalue weighted by Crippen LogP contribution is 2.29. The van der Waals surface area contributed by atoms with E-state index in [0.29, 0.717) is 5.69 Å². The minimum Gasteiger partial charge on any atom is -0.508 e. The zero-order chi connectivity index (χ0) is 13.4. The number of aliphatic carboxylic acids is 1. The number of aromatic nitrogens is 1. The number of phenols is 1. The molecule has 1 aromatic heterocycles. The summed E-state index contributed by atoms with van der Waals surface area (Å²) < 4.78 is 1.84. The van der Waals surface area contributed by atoms with Gasteiger partial charge in [-0.15, -0.1) is 0 Å². The third-order valence-electron chi connectivity index (χ3n) is 2.96. The largest absolute Gasteiger partial charge is 0.508 e. The summed E-state index contributed by atoms with van der Waals surface area (Å²) >= 11 is 0. The van der Waals surface area contributed by atoms with Crippen LogP contribution in [0.2, 0.25) is 0 Å². The Balaban J connectivity index is 2.73. The minimum absolute atomic E-state index is 0.0599. The van der Waals surface area contributed by atoms with Crippen LogP contribution in [0.15, 0.2) is 24.3 Å². The lowest BCUT2D eigenvalue weighted by Crippen LogP contribution is -2.24. The fraction of sp³-hybridized carbons (Fsp3) is 0.308. The molecule has 0 bridgehead atoms. The minimum atomic E-state index is -1.07. The monoisotopic (exact) mass is 248 g/mol. The third kappa shape index (κ3) is 1.93. The standard InChI is InChI=1S/C13H16N2O3/c1-7(2)15-10-6-9(16)4-3-8(10)5-11(15)12(14)13(17)18/h3-7,12,16H,14H2,1-2H3,(H,17,18). The maximum Gasteiger partial charge on any atom is 0.326 e. The molecule has 2 aromatic rings. The van der Waals surface area contributed by atoms with Gasteiger partial charge in [0.15, 0.2) is 0 Å². The predicted octanol–water partition coefficient (Wildman–Crippen LogP) is 2.01. The van der Waals surface area contributed by atoms with E-state index in [2.05, 4.69) is 0 Å². The second kappa shape index (κ2) is 4.34. The van der Waals surface area contributed by atoms with Gasteiger partial charge < -0.3 is 20.5 Å². The molecule has 2 rings (SSSR count). The molecule has 96 valence electrons. The van der Waals surface area contributed by atoms with Crippen molar-refractivity contribution in [3.8, 4) is 5.75 Å². The molecule has 18 heavy (non-hydrogen) atoms. The van der Waals surface area contributed by atoms with Gasteiger partial charge in [-0.25, -0.2) is 0 Å². The molecule has 0 aliphatic rings. The van der Waals surface area contributed by atoms with Crippen LogP contribution in [0.4, 0.5) is 0 Å².